The smallest absolute Gasteiger partial charge is 0.239 e. The van der Waals surface area contributed by atoms with Crippen LogP contribution in [0.15, 0.2) is 10.8 Å². The lowest BCUT2D eigenvalue weighted by molar-refractivity contribution is -0.120. The van der Waals surface area contributed by atoms with Gasteiger partial charge in [0.25, 0.3) is 0 Å². The standard InChI is InChI=1S/C13H22BrN5O/c1-5-6-15-11-10(14)12(18-8-17-11)16-7-9(20)19-13(2,3)4/h8H,5-7H2,1-4H3,(H,19,20)(H2,15,16,17,18). The molecule has 1 aromatic heterocycles. The molecule has 0 aliphatic rings. The van der Waals surface area contributed by atoms with Gasteiger partial charge in [0, 0.05) is 12.1 Å². The quantitative estimate of drug-likeness (QED) is 0.739. The number of anilines is 2. The Labute approximate surface area is 128 Å². The van der Waals surface area contributed by atoms with Crippen molar-refractivity contribution in [3.05, 3.63) is 10.8 Å². The number of nitrogens with zero attached hydrogens (tertiary/aromatic N) is 2. The Morgan fingerprint density at radius 2 is 1.85 bits per heavy atom. The van der Waals surface area contributed by atoms with Crippen LogP contribution in [0.25, 0.3) is 0 Å². The van der Waals surface area contributed by atoms with Crippen molar-refractivity contribution < 1.29 is 4.79 Å². The third-order valence-corrected chi connectivity index (χ3v) is 3.01. The van der Waals surface area contributed by atoms with Crippen LogP contribution in [0.5, 0.6) is 0 Å². The first-order chi connectivity index (χ1) is 9.33. The van der Waals surface area contributed by atoms with Gasteiger partial charge in [-0.1, -0.05) is 6.92 Å². The molecule has 0 saturated heterocycles. The van der Waals surface area contributed by atoms with E-state index in [2.05, 4.69) is 48.8 Å². The number of rotatable bonds is 6. The highest BCUT2D eigenvalue weighted by Gasteiger charge is 2.14. The second-order valence-electron chi connectivity index (χ2n) is 5.46. The average Bonchev–Trinajstić information content (AvgIpc) is 2.34. The fourth-order valence-electron chi connectivity index (χ4n) is 1.49. The number of nitrogens with one attached hydrogen (secondary N) is 3. The number of halogens is 1. The van der Waals surface area contributed by atoms with Crippen LogP contribution in [-0.4, -0.2) is 34.5 Å². The summed E-state index contributed by atoms with van der Waals surface area (Å²) in [7, 11) is 0. The van der Waals surface area contributed by atoms with Crippen LogP contribution < -0.4 is 16.0 Å². The molecule has 0 bridgehead atoms. The molecule has 0 fully saturated rings. The Bertz CT molecular complexity index is 459. The maximum absolute atomic E-state index is 11.8. The topological polar surface area (TPSA) is 78.9 Å². The van der Waals surface area contributed by atoms with E-state index in [0.717, 1.165) is 23.3 Å². The largest absolute Gasteiger partial charge is 0.369 e. The van der Waals surface area contributed by atoms with E-state index >= 15 is 0 Å². The van der Waals surface area contributed by atoms with Crippen LogP contribution in [-0.2, 0) is 4.79 Å². The molecule has 0 aliphatic carbocycles. The summed E-state index contributed by atoms with van der Waals surface area (Å²) in [4.78, 5) is 20.0. The van der Waals surface area contributed by atoms with E-state index in [-0.39, 0.29) is 18.0 Å². The molecular formula is C13H22BrN5O. The minimum Gasteiger partial charge on any atom is -0.369 e. The number of carbonyl (C=O) groups excluding carboxylic acids is 1. The number of hydrogen-bond acceptors (Lipinski definition) is 5. The first kappa shape index (κ1) is 16.7. The summed E-state index contributed by atoms with van der Waals surface area (Å²) in [5.74, 6) is 1.24. The van der Waals surface area contributed by atoms with Crippen LogP contribution >= 0.6 is 15.9 Å². The van der Waals surface area contributed by atoms with E-state index in [4.69, 9.17) is 0 Å². The van der Waals surface area contributed by atoms with E-state index in [1.807, 2.05) is 20.8 Å². The Balaban J connectivity index is 2.62. The predicted molar refractivity (Wildman–Crippen MR) is 84.9 cm³/mol. The molecule has 0 radical (unpaired) electrons. The molecule has 0 spiro atoms. The molecule has 3 N–H and O–H groups in total. The maximum Gasteiger partial charge on any atom is 0.239 e. The molecular weight excluding hydrogens is 322 g/mol. The van der Waals surface area contributed by atoms with Crippen molar-refractivity contribution >= 4 is 33.5 Å². The summed E-state index contributed by atoms with van der Waals surface area (Å²) in [6.07, 6.45) is 2.47. The van der Waals surface area contributed by atoms with Gasteiger partial charge in [-0.25, -0.2) is 9.97 Å². The van der Waals surface area contributed by atoms with Gasteiger partial charge in [-0.2, -0.15) is 0 Å². The van der Waals surface area contributed by atoms with Gasteiger partial charge in [0.15, 0.2) is 0 Å². The molecule has 1 rings (SSSR count). The zero-order valence-corrected chi connectivity index (χ0v) is 14.0. The number of aromatic nitrogens is 2. The minimum absolute atomic E-state index is 0.0777. The number of carbonyl (C=O) groups is 1. The van der Waals surface area contributed by atoms with Crippen LogP contribution in [0.2, 0.25) is 0 Å². The lowest BCUT2D eigenvalue weighted by Gasteiger charge is -2.20. The monoisotopic (exact) mass is 343 g/mol. The molecule has 0 aliphatic heterocycles. The zero-order valence-electron chi connectivity index (χ0n) is 12.4. The van der Waals surface area contributed by atoms with E-state index in [1.54, 1.807) is 0 Å². The van der Waals surface area contributed by atoms with Gasteiger partial charge >= 0.3 is 0 Å². The third kappa shape index (κ3) is 5.73. The average molecular weight is 344 g/mol. The molecule has 1 heterocycles. The van der Waals surface area contributed by atoms with Crippen molar-refractivity contribution in [2.24, 2.45) is 0 Å². The molecule has 6 nitrogen and oxygen atoms in total. The van der Waals surface area contributed by atoms with Gasteiger partial charge in [-0.3, -0.25) is 4.79 Å². The third-order valence-electron chi connectivity index (χ3n) is 2.26. The minimum atomic E-state index is -0.241. The lowest BCUT2D eigenvalue weighted by atomic mass is 10.1. The Morgan fingerprint density at radius 1 is 1.25 bits per heavy atom. The summed E-state index contributed by atoms with van der Waals surface area (Å²) in [6.45, 7) is 8.91. The fourth-order valence-corrected chi connectivity index (χ4v) is 1.97. The molecule has 7 heteroatoms. The highest BCUT2D eigenvalue weighted by Crippen LogP contribution is 2.26. The zero-order chi connectivity index (χ0) is 15.2. The van der Waals surface area contributed by atoms with Gasteiger partial charge < -0.3 is 16.0 Å². The van der Waals surface area contributed by atoms with Crippen molar-refractivity contribution in [1.82, 2.24) is 15.3 Å². The summed E-state index contributed by atoms with van der Waals surface area (Å²) in [5.41, 5.74) is -0.241. The molecule has 0 aromatic carbocycles. The van der Waals surface area contributed by atoms with Crippen molar-refractivity contribution in [3.8, 4) is 0 Å². The Hall–Kier alpha value is -1.37. The summed E-state index contributed by atoms with van der Waals surface area (Å²) < 4.78 is 0.733. The lowest BCUT2D eigenvalue weighted by Crippen LogP contribution is -2.43. The number of amides is 1. The summed E-state index contributed by atoms with van der Waals surface area (Å²) >= 11 is 3.44. The number of hydrogen-bond donors (Lipinski definition) is 3. The molecule has 0 saturated carbocycles. The van der Waals surface area contributed by atoms with E-state index in [0.29, 0.717) is 5.82 Å². The summed E-state index contributed by atoms with van der Waals surface area (Å²) in [5, 5.41) is 9.07. The first-order valence-electron chi connectivity index (χ1n) is 6.62. The molecule has 0 atom stereocenters. The second kappa shape index (κ2) is 7.42. The van der Waals surface area contributed by atoms with Crippen molar-refractivity contribution in [3.63, 3.8) is 0 Å². The summed E-state index contributed by atoms with van der Waals surface area (Å²) in [6, 6.07) is 0. The molecule has 1 amide bonds. The fraction of sp³-hybridized carbons (Fsp3) is 0.615. The normalized spacial score (nSPS) is 11.1. The Morgan fingerprint density at radius 3 is 2.40 bits per heavy atom. The first-order valence-corrected chi connectivity index (χ1v) is 7.42. The van der Waals surface area contributed by atoms with Gasteiger partial charge in [0.1, 0.15) is 22.4 Å². The molecule has 0 unspecified atom stereocenters. The van der Waals surface area contributed by atoms with Crippen LogP contribution in [0, 0.1) is 0 Å². The van der Waals surface area contributed by atoms with Crippen LogP contribution in [0.4, 0.5) is 11.6 Å². The van der Waals surface area contributed by atoms with E-state index in [9.17, 15) is 4.79 Å². The molecule has 20 heavy (non-hydrogen) atoms. The van der Waals surface area contributed by atoms with Crippen molar-refractivity contribution in [2.45, 2.75) is 39.7 Å². The molecule has 112 valence electrons. The van der Waals surface area contributed by atoms with Crippen molar-refractivity contribution in [2.75, 3.05) is 23.7 Å². The second-order valence-corrected chi connectivity index (χ2v) is 6.26. The van der Waals surface area contributed by atoms with Crippen molar-refractivity contribution in [1.29, 1.82) is 0 Å². The van der Waals surface area contributed by atoms with Gasteiger partial charge in [0.2, 0.25) is 5.91 Å². The van der Waals surface area contributed by atoms with Gasteiger partial charge in [0.05, 0.1) is 6.54 Å². The van der Waals surface area contributed by atoms with Gasteiger partial charge in [-0.15, -0.1) is 0 Å². The van der Waals surface area contributed by atoms with E-state index in [1.165, 1.54) is 6.33 Å². The van der Waals surface area contributed by atoms with Crippen LogP contribution in [0.3, 0.4) is 0 Å². The molecule has 1 aromatic rings. The Kier molecular flexibility index (Phi) is 6.19. The van der Waals surface area contributed by atoms with E-state index < -0.39 is 0 Å². The highest BCUT2D eigenvalue weighted by molar-refractivity contribution is 9.10. The van der Waals surface area contributed by atoms with Crippen LogP contribution in [0.1, 0.15) is 34.1 Å². The van der Waals surface area contributed by atoms with Gasteiger partial charge in [-0.05, 0) is 43.1 Å². The predicted octanol–water partition coefficient (Wildman–Crippen LogP) is 2.39. The SMILES string of the molecule is CCCNc1ncnc(NCC(=O)NC(C)(C)C)c1Br. The highest BCUT2D eigenvalue weighted by atomic mass is 79.9. The maximum atomic E-state index is 11.8.